The average molecular weight is 597 g/mol. The van der Waals surface area contributed by atoms with Gasteiger partial charge in [-0.3, -0.25) is 4.90 Å². The molecule has 1 atom stereocenters. The number of rotatable bonds is 11. The van der Waals surface area contributed by atoms with E-state index in [0.717, 1.165) is 35.2 Å². The Morgan fingerprint density at radius 3 is 2.16 bits per heavy atom. The van der Waals surface area contributed by atoms with Gasteiger partial charge in [0.05, 0.1) is 23.9 Å². The summed E-state index contributed by atoms with van der Waals surface area (Å²) in [5.41, 5.74) is 5.76. The number of esters is 1. The van der Waals surface area contributed by atoms with Crippen LogP contribution in [0.3, 0.4) is 0 Å². The van der Waals surface area contributed by atoms with Gasteiger partial charge in [0.25, 0.3) is 0 Å². The van der Waals surface area contributed by atoms with Gasteiger partial charge in [0, 0.05) is 17.9 Å². The van der Waals surface area contributed by atoms with E-state index >= 15 is 0 Å². The van der Waals surface area contributed by atoms with Gasteiger partial charge in [-0.05, 0) is 59.6 Å². The maximum Gasteiger partial charge on any atom is 0.338 e. The number of para-hydroxylation sites is 1. The maximum absolute atomic E-state index is 13.6. The smallest absolute Gasteiger partial charge is 0.338 e. The molecule has 3 aromatic carbocycles. The summed E-state index contributed by atoms with van der Waals surface area (Å²) in [4.78, 5) is 42.1. The summed E-state index contributed by atoms with van der Waals surface area (Å²) in [5.74, 6) is -0.0440. The van der Waals surface area contributed by atoms with Gasteiger partial charge in [-0.15, -0.1) is 0 Å². The maximum atomic E-state index is 13.6. The molecule has 1 heterocycles. The minimum absolute atomic E-state index is 0.192. The van der Waals surface area contributed by atoms with Crippen LogP contribution in [0.5, 0.6) is 0 Å². The first kappa shape index (κ1) is 32.3. The molecule has 0 saturated carbocycles. The summed E-state index contributed by atoms with van der Waals surface area (Å²) in [6, 6.07) is 21.3. The molecular weight excluding hydrogens is 552 g/mol. The normalized spacial score (nSPS) is 15.0. The Labute approximate surface area is 260 Å². The van der Waals surface area contributed by atoms with Crippen LogP contribution in [0, 0.1) is 0 Å². The number of unbranched alkanes of at least 4 members (excludes halogenated alkanes) is 1. The van der Waals surface area contributed by atoms with E-state index in [9.17, 15) is 14.4 Å². The van der Waals surface area contributed by atoms with Crippen LogP contribution in [0.25, 0.3) is 5.70 Å². The number of urea groups is 2. The highest BCUT2D eigenvalue weighted by atomic mass is 16.5. The third-order valence-corrected chi connectivity index (χ3v) is 7.69. The average Bonchev–Trinajstić information content (AvgIpc) is 3.00. The molecule has 8 nitrogen and oxygen atoms in total. The van der Waals surface area contributed by atoms with E-state index in [2.05, 4.69) is 50.6 Å². The van der Waals surface area contributed by atoms with Gasteiger partial charge in [-0.2, -0.15) is 0 Å². The van der Waals surface area contributed by atoms with E-state index in [0.29, 0.717) is 29.1 Å². The van der Waals surface area contributed by atoms with E-state index in [1.165, 1.54) is 0 Å². The zero-order valence-corrected chi connectivity index (χ0v) is 26.6. The molecule has 4 amide bonds. The molecule has 1 aliphatic rings. The number of nitrogens with one attached hydrogen (secondary N) is 3. The van der Waals surface area contributed by atoms with Crippen LogP contribution >= 0.6 is 0 Å². The summed E-state index contributed by atoms with van der Waals surface area (Å²) < 4.78 is 5.54. The van der Waals surface area contributed by atoms with Crippen molar-refractivity contribution < 1.29 is 19.1 Å². The number of hydrogen-bond donors (Lipinski definition) is 3. The van der Waals surface area contributed by atoms with Crippen LogP contribution in [0.4, 0.5) is 21.0 Å². The number of amides is 4. The number of carbonyl (C=O) groups is 3. The predicted molar refractivity (Wildman–Crippen MR) is 177 cm³/mol. The summed E-state index contributed by atoms with van der Waals surface area (Å²) >= 11 is 0. The first-order valence-electron chi connectivity index (χ1n) is 15.5. The van der Waals surface area contributed by atoms with E-state index in [-0.39, 0.29) is 30.5 Å². The van der Waals surface area contributed by atoms with Crippen LogP contribution in [-0.2, 0) is 9.53 Å². The van der Waals surface area contributed by atoms with Crippen molar-refractivity contribution in [3.8, 4) is 0 Å². The fourth-order valence-corrected chi connectivity index (χ4v) is 5.53. The van der Waals surface area contributed by atoms with Crippen molar-refractivity contribution in [3.05, 3.63) is 101 Å². The SMILES string of the molecule is CCCCN1C(=O)NC(c2cccc(NC(=O)Nc3c(C(C)C)cccc3C(C)C)c2)C(C(=O)OCC)=C1c1ccccc1. The largest absolute Gasteiger partial charge is 0.463 e. The molecule has 232 valence electrons. The van der Waals surface area contributed by atoms with Gasteiger partial charge in [0.2, 0.25) is 0 Å². The number of anilines is 2. The number of hydrogen-bond acceptors (Lipinski definition) is 4. The molecule has 0 saturated heterocycles. The van der Waals surface area contributed by atoms with E-state index in [1.54, 1.807) is 30.0 Å². The van der Waals surface area contributed by atoms with Gasteiger partial charge in [0.1, 0.15) is 0 Å². The minimum Gasteiger partial charge on any atom is -0.463 e. The molecule has 44 heavy (non-hydrogen) atoms. The second kappa shape index (κ2) is 14.7. The van der Waals surface area contributed by atoms with E-state index in [4.69, 9.17) is 4.74 Å². The second-order valence-corrected chi connectivity index (χ2v) is 11.6. The highest BCUT2D eigenvalue weighted by Gasteiger charge is 2.38. The Bertz CT molecular complexity index is 1490. The Morgan fingerprint density at radius 2 is 1.55 bits per heavy atom. The number of ether oxygens (including phenoxy) is 1. The van der Waals surface area contributed by atoms with Crippen molar-refractivity contribution in [1.29, 1.82) is 0 Å². The van der Waals surface area contributed by atoms with Crippen molar-refractivity contribution in [2.24, 2.45) is 0 Å². The Hall–Kier alpha value is -4.59. The zero-order chi connectivity index (χ0) is 31.8. The molecule has 0 radical (unpaired) electrons. The first-order valence-corrected chi connectivity index (χ1v) is 15.5. The van der Waals surface area contributed by atoms with Crippen LogP contribution < -0.4 is 16.0 Å². The fourth-order valence-electron chi connectivity index (χ4n) is 5.53. The number of nitrogens with zero attached hydrogens (tertiary/aromatic N) is 1. The topological polar surface area (TPSA) is 99.8 Å². The second-order valence-electron chi connectivity index (χ2n) is 11.6. The number of carbonyl (C=O) groups excluding carboxylic acids is 3. The highest BCUT2D eigenvalue weighted by Crippen LogP contribution is 2.38. The third-order valence-electron chi connectivity index (χ3n) is 7.69. The molecule has 1 unspecified atom stereocenters. The predicted octanol–water partition coefficient (Wildman–Crippen LogP) is 8.42. The lowest BCUT2D eigenvalue weighted by molar-refractivity contribution is -0.138. The molecule has 4 rings (SSSR count). The first-order chi connectivity index (χ1) is 21.2. The lowest BCUT2D eigenvalue weighted by Crippen LogP contribution is -2.48. The van der Waals surface area contributed by atoms with E-state index < -0.39 is 12.0 Å². The van der Waals surface area contributed by atoms with Crippen LogP contribution in [0.15, 0.2) is 78.4 Å². The standard InChI is InChI=1S/C36H44N4O4/c1-7-9-21-40-33(25-15-11-10-12-16-25)30(34(41)44-8-2)31(39-36(40)43)26-17-13-18-27(22-26)37-35(42)38-32-28(23(3)4)19-14-20-29(32)24(5)6/h10-20,22-24,31H,7-9,21H2,1-6H3,(H,39,43)(H2,37,38,42). The van der Waals surface area contributed by atoms with Crippen molar-refractivity contribution in [1.82, 2.24) is 10.2 Å². The van der Waals surface area contributed by atoms with Crippen molar-refractivity contribution in [3.63, 3.8) is 0 Å². The van der Waals surface area contributed by atoms with Crippen LogP contribution in [-0.4, -0.2) is 36.1 Å². The van der Waals surface area contributed by atoms with Gasteiger partial charge >= 0.3 is 18.0 Å². The summed E-state index contributed by atoms with van der Waals surface area (Å²) in [6.45, 7) is 12.9. The van der Waals surface area contributed by atoms with Gasteiger partial charge in [-0.25, -0.2) is 14.4 Å². The monoisotopic (exact) mass is 596 g/mol. The molecular formula is C36H44N4O4. The van der Waals surface area contributed by atoms with E-state index in [1.807, 2.05) is 54.6 Å². The Morgan fingerprint density at radius 1 is 0.886 bits per heavy atom. The molecule has 0 bridgehead atoms. The zero-order valence-electron chi connectivity index (χ0n) is 26.6. The van der Waals surface area contributed by atoms with Gasteiger partial charge < -0.3 is 20.7 Å². The highest BCUT2D eigenvalue weighted by molar-refractivity contribution is 6.05. The van der Waals surface area contributed by atoms with Crippen LogP contribution in [0.2, 0.25) is 0 Å². The van der Waals surface area contributed by atoms with Gasteiger partial charge in [-0.1, -0.05) is 102 Å². The molecule has 3 N–H and O–H groups in total. The van der Waals surface area contributed by atoms with Crippen molar-refractivity contribution in [2.75, 3.05) is 23.8 Å². The summed E-state index contributed by atoms with van der Waals surface area (Å²) in [5, 5.41) is 9.08. The summed E-state index contributed by atoms with van der Waals surface area (Å²) in [6.07, 6.45) is 1.66. The molecule has 3 aromatic rings. The quantitative estimate of drug-likeness (QED) is 0.194. The number of benzene rings is 3. The third kappa shape index (κ3) is 7.30. The summed E-state index contributed by atoms with van der Waals surface area (Å²) in [7, 11) is 0. The Balaban J connectivity index is 1.73. The van der Waals surface area contributed by atoms with Crippen LogP contribution in [0.1, 0.15) is 94.5 Å². The Kier molecular flexibility index (Phi) is 10.8. The minimum atomic E-state index is -0.784. The molecule has 0 spiro atoms. The molecule has 0 fully saturated rings. The lowest BCUT2D eigenvalue weighted by Gasteiger charge is -2.37. The molecule has 0 aliphatic carbocycles. The van der Waals surface area contributed by atoms with Gasteiger partial charge in [0.15, 0.2) is 0 Å². The molecule has 0 aromatic heterocycles. The lowest BCUT2D eigenvalue weighted by atomic mass is 9.91. The van der Waals surface area contributed by atoms with Crippen molar-refractivity contribution in [2.45, 2.75) is 72.3 Å². The van der Waals surface area contributed by atoms with Crippen molar-refractivity contribution >= 4 is 35.1 Å². The molecule has 1 aliphatic heterocycles. The molecule has 8 heteroatoms. The fraction of sp³-hybridized carbons (Fsp3) is 0.361.